The van der Waals surface area contributed by atoms with Gasteiger partial charge in [-0.15, -0.1) is 10.2 Å². The minimum atomic E-state index is 0.0803. The first-order chi connectivity index (χ1) is 12.2. The number of benzene rings is 1. The van der Waals surface area contributed by atoms with Crippen molar-refractivity contribution in [1.82, 2.24) is 20.0 Å². The molecule has 2 aromatic heterocycles. The van der Waals surface area contributed by atoms with E-state index in [1.165, 1.54) is 0 Å². The van der Waals surface area contributed by atoms with Crippen LogP contribution in [-0.4, -0.2) is 39.8 Å². The van der Waals surface area contributed by atoms with Gasteiger partial charge in [-0.3, -0.25) is 4.68 Å². The molecule has 2 heterocycles. The predicted molar refractivity (Wildman–Crippen MR) is 96.3 cm³/mol. The van der Waals surface area contributed by atoms with Crippen LogP contribution in [0.25, 0.3) is 22.5 Å². The van der Waals surface area contributed by atoms with Crippen LogP contribution in [0.3, 0.4) is 0 Å². The number of rotatable bonds is 7. The van der Waals surface area contributed by atoms with E-state index in [9.17, 15) is 0 Å². The Morgan fingerprint density at radius 3 is 2.48 bits per heavy atom. The second kappa shape index (κ2) is 7.90. The third-order valence-electron chi connectivity index (χ3n) is 3.62. The molecule has 0 aliphatic heterocycles. The molecule has 0 aliphatic carbocycles. The highest BCUT2D eigenvalue weighted by Gasteiger charge is 2.07. The van der Waals surface area contributed by atoms with Crippen molar-refractivity contribution in [3.63, 3.8) is 0 Å². The Bertz CT molecular complexity index is 812. The van der Waals surface area contributed by atoms with E-state index in [0.29, 0.717) is 12.5 Å². The van der Waals surface area contributed by atoms with E-state index >= 15 is 0 Å². The lowest BCUT2D eigenvalue weighted by molar-refractivity contribution is 0.183. The molecule has 0 saturated carbocycles. The number of methoxy groups -OCH3 is 1. The number of hydrogen-bond donors (Lipinski definition) is 0. The number of nitrogens with zero attached hydrogens (tertiary/aromatic N) is 4. The van der Waals surface area contributed by atoms with Gasteiger partial charge in [0.05, 0.1) is 30.6 Å². The van der Waals surface area contributed by atoms with Crippen LogP contribution >= 0.6 is 0 Å². The van der Waals surface area contributed by atoms with Crippen molar-refractivity contribution in [3.8, 4) is 28.4 Å². The molecule has 6 heteroatoms. The lowest BCUT2D eigenvalue weighted by atomic mass is 10.1. The average Bonchev–Trinajstić information content (AvgIpc) is 3.09. The Hall–Kier alpha value is -2.73. The van der Waals surface area contributed by atoms with E-state index in [0.717, 1.165) is 29.1 Å². The van der Waals surface area contributed by atoms with E-state index in [2.05, 4.69) is 21.4 Å². The van der Waals surface area contributed by atoms with Crippen LogP contribution in [0.4, 0.5) is 0 Å². The molecule has 0 saturated heterocycles. The largest absolute Gasteiger partial charge is 0.474 e. The Balaban J connectivity index is 1.80. The summed E-state index contributed by atoms with van der Waals surface area (Å²) in [6, 6.07) is 13.9. The first-order valence-electron chi connectivity index (χ1n) is 8.29. The Morgan fingerprint density at radius 1 is 1.00 bits per heavy atom. The molecular formula is C19H22N4O2. The van der Waals surface area contributed by atoms with Gasteiger partial charge < -0.3 is 9.47 Å². The van der Waals surface area contributed by atoms with Crippen molar-refractivity contribution in [2.75, 3.05) is 13.7 Å². The topological polar surface area (TPSA) is 62.1 Å². The quantitative estimate of drug-likeness (QED) is 0.660. The van der Waals surface area contributed by atoms with E-state index in [-0.39, 0.29) is 6.10 Å². The zero-order chi connectivity index (χ0) is 17.6. The number of aromatic nitrogens is 4. The zero-order valence-corrected chi connectivity index (χ0v) is 14.7. The van der Waals surface area contributed by atoms with Crippen molar-refractivity contribution in [3.05, 3.63) is 48.7 Å². The maximum absolute atomic E-state index is 5.54. The number of hydrogen-bond acceptors (Lipinski definition) is 5. The van der Waals surface area contributed by atoms with E-state index < -0.39 is 0 Å². The fourth-order valence-electron chi connectivity index (χ4n) is 2.44. The van der Waals surface area contributed by atoms with Crippen LogP contribution < -0.4 is 4.74 Å². The summed E-state index contributed by atoms with van der Waals surface area (Å²) in [5, 5.41) is 13.0. The van der Waals surface area contributed by atoms with Gasteiger partial charge >= 0.3 is 0 Å². The highest BCUT2D eigenvalue weighted by molar-refractivity contribution is 5.69. The van der Waals surface area contributed by atoms with Gasteiger partial charge in [-0.05, 0) is 32.0 Å². The Kier molecular flexibility index (Phi) is 5.40. The second-order valence-corrected chi connectivity index (χ2v) is 5.96. The van der Waals surface area contributed by atoms with Gasteiger partial charge in [-0.25, -0.2) is 0 Å². The molecule has 3 rings (SSSR count). The second-order valence-electron chi connectivity index (χ2n) is 5.96. The Labute approximate surface area is 147 Å². The fraction of sp³-hybridized carbons (Fsp3) is 0.316. The molecule has 0 N–H and O–H groups in total. The lowest BCUT2D eigenvalue weighted by Gasteiger charge is -2.08. The monoisotopic (exact) mass is 338 g/mol. The molecule has 0 fully saturated rings. The van der Waals surface area contributed by atoms with Crippen LogP contribution in [0, 0.1) is 0 Å². The third-order valence-corrected chi connectivity index (χ3v) is 3.62. The highest BCUT2D eigenvalue weighted by atomic mass is 16.5. The molecule has 0 unspecified atom stereocenters. The molecule has 130 valence electrons. The summed E-state index contributed by atoms with van der Waals surface area (Å²) >= 11 is 0. The van der Waals surface area contributed by atoms with Crippen molar-refractivity contribution in [2.24, 2.45) is 0 Å². The van der Waals surface area contributed by atoms with Gasteiger partial charge in [0, 0.05) is 30.5 Å². The van der Waals surface area contributed by atoms with Crippen molar-refractivity contribution in [2.45, 2.75) is 26.5 Å². The average molecular weight is 338 g/mol. The molecule has 0 spiro atoms. The van der Waals surface area contributed by atoms with Crippen LogP contribution in [0.2, 0.25) is 0 Å². The van der Waals surface area contributed by atoms with Gasteiger partial charge in [0.15, 0.2) is 0 Å². The molecule has 0 atom stereocenters. The molecule has 0 radical (unpaired) electrons. The first-order valence-corrected chi connectivity index (χ1v) is 8.29. The van der Waals surface area contributed by atoms with Crippen LogP contribution in [-0.2, 0) is 11.3 Å². The van der Waals surface area contributed by atoms with Gasteiger partial charge in [-0.1, -0.05) is 18.2 Å². The summed E-state index contributed by atoms with van der Waals surface area (Å²) in [6.45, 7) is 5.30. The Morgan fingerprint density at radius 2 is 1.80 bits per heavy atom. The van der Waals surface area contributed by atoms with Gasteiger partial charge in [0.2, 0.25) is 5.88 Å². The molecule has 0 aliphatic rings. The highest BCUT2D eigenvalue weighted by Crippen LogP contribution is 2.24. The summed E-state index contributed by atoms with van der Waals surface area (Å²) in [5.41, 5.74) is 3.76. The molecule has 6 nitrogen and oxygen atoms in total. The van der Waals surface area contributed by atoms with E-state index in [1.54, 1.807) is 7.11 Å². The summed E-state index contributed by atoms with van der Waals surface area (Å²) in [7, 11) is 1.69. The summed E-state index contributed by atoms with van der Waals surface area (Å²) in [5.74, 6) is 0.534. The smallest absolute Gasteiger partial charge is 0.233 e. The van der Waals surface area contributed by atoms with Gasteiger partial charge in [0.25, 0.3) is 0 Å². The number of ether oxygens (including phenoxy) is 2. The summed E-state index contributed by atoms with van der Waals surface area (Å²) < 4.78 is 12.5. The zero-order valence-electron chi connectivity index (χ0n) is 14.7. The molecule has 0 amide bonds. The van der Waals surface area contributed by atoms with Crippen LogP contribution in [0.15, 0.2) is 48.7 Å². The minimum absolute atomic E-state index is 0.0803. The van der Waals surface area contributed by atoms with Gasteiger partial charge in [0.1, 0.15) is 0 Å². The summed E-state index contributed by atoms with van der Waals surface area (Å²) in [4.78, 5) is 0. The standard InChI is InChI=1S/C19H22N4O2/c1-14(2)25-19-8-7-17(20-21-19)15-5-4-6-16(13-15)18-9-10-23(22-18)11-12-24-3/h4-10,13-14H,11-12H2,1-3H3. The maximum Gasteiger partial charge on any atom is 0.233 e. The van der Waals surface area contributed by atoms with E-state index in [1.807, 2.05) is 61.1 Å². The molecule has 1 aromatic carbocycles. The van der Waals surface area contributed by atoms with Crippen molar-refractivity contribution < 1.29 is 9.47 Å². The normalized spacial score (nSPS) is 11.0. The SMILES string of the molecule is COCCn1ccc(-c2cccc(-c3ccc(OC(C)C)nn3)c2)n1. The lowest BCUT2D eigenvalue weighted by Crippen LogP contribution is -2.07. The molecular weight excluding hydrogens is 316 g/mol. The predicted octanol–water partition coefficient (Wildman–Crippen LogP) is 3.44. The van der Waals surface area contributed by atoms with Crippen LogP contribution in [0.1, 0.15) is 13.8 Å². The van der Waals surface area contributed by atoms with Crippen molar-refractivity contribution >= 4 is 0 Å². The first kappa shape index (κ1) is 17.1. The van der Waals surface area contributed by atoms with Gasteiger partial charge in [-0.2, -0.15) is 5.10 Å². The van der Waals surface area contributed by atoms with Crippen LogP contribution in [0.5, 0.6) is 5.88 Å². The third kappa shape index (κ3) is 4.42. The fourth-order valence-corrected chi connectivity index (χ4v) is 2.44. The molecule has 0 bridgehead atoms. The minimum Gasteiger partial charge on any atom is -0.474 e. The molecule has 3 aromatic rings. The van der Waals surface area contributed by atoms with Crippen molar-refractivity contribution in [1.29, 1.82) is 0 Å². The summed E-state index contributed by atoms with van der Waals surface area (Å²) in [6.07, 6.45) is 2.04. The maximum atomic E-state index is 5.54. The molecule has 25 heavy (non-hydrogen) atoms. The van der Waals surface area contributed by atoms with E-state index in [4.69, 9.17) is 9.47 Å².